The summed E-state index contributed by atoms with van der Waals surface area (Å²) in [6.07, 6.45) is 1.66. The monoisotopic (exact) mass is 282 g/mol. The van der Waals surface area contributed by atoms with Gasteiger partial charge in [-0.15, -0.1) is 0 Å². The lowest BCUT2D eigenvalue weighted by atomic mass is 10.1. The van der Waals surface area contributed by atoms with Gasteiger partial charge in [0.25, 0.3) is 0 Å². The van der Waals surface area contributed by atoms with Gasteiger partial charge in [-0.3, -0.25) is 9.00 Å². The van der Waals surface area contributed by atoms with Gasteiger partial charge in [0.15, 0.2) is 0 Å². The fourth-order valence-corrected chi connectivity index (χ4v) is 2.43. The predicted octanol–water partition coefficient (Wildman–Crippen LogP) is 1.24. The summed E-state index contributed by atoms with van der Waals surface area (Å²) in [7, 11) is 2.69. The van der Waals surface area contributed by atoms with Crippen LogP contribution < -0.4 is 5.32 Å². The van der Waals surface area contributed by atoms with Crippen molar-refractivity contribution in [2.45, 2.75) is 18.4 Å². The number of benzene rings is 1. The highest BCUT2D eigenvalue weighted by molar-refractivity contribution is 7.84. The van der Waals surface area contributed by atoms with Crippen molar-refractivity contribution in [3.63, 3.8) is 0 Å². The highest BCUT2D eigenvalue weighted by Gasteiger charge is 2.16. The van der Waals surface area contributed by atoms with Crippen molar-refractivity contribution in [1.82, 2.24) is 10.2 Å². The van der Waals surface area contributed by atoms with Crippen LogP contribution >= 0.6 is 0 Å². The van der Waals surface area contributed by atoms with Gasteiger partial charge in [-0.2, -0.15) is 0 Å². The molecule has 106 valence electrons. The Kier molecular flexibility index (Phi) is 6.18. The Morgan fingerprint density at radius 3 is 2.42 bits per heavy atom. The molecule has 0 heterocycles. The first-order chi connectivity index (χ1) is 8.95. The van der Waals surface area contributed by atoms with E-state index in [0.717, 1.165) is 10.5 Å². The van der Waals surface area contributed by atoms with E-state index in [4.69, 9.17) is 0 Å². The van der Waals surface area contributed by atoms with Crippen LogP contribution in [0.3, 0.4) is 0 Å². The quantitative estimate of drug-likeness (QED) is 0.854. The van der Waals surface area contributed by atoms with Crippen LogP contribution in [0.2, 0.25) is 0 Å². The molecule has 19 heavy (non-hydrogen) atoms. The van der Waals surface area contributed by atoms with Gasteiger partial charge in [-0.05, 0) is 24.7 Å². The molecule has 1 N–H and O–H groups in total. The van der Waals surface area contributed by atoms with E-state index in [2.05, 4.69) is 5.32 Å². The average Bonchev–Trinajstić information content (AvgIpc) is 2.38. The zero-order valence-electron chi connectivity index (χ0n) is 12.0. The summed E-state index contributed by atoms with van der Waals surface area (Å²) in [5.74, 6) is 0.0925. The summed E-state index contributed by atoms with van der Waals surface area (Å²) in [4.78, 5) is 14.6. The van der Waals surface area contributed by atoms with E-state index >= 15 is 0 Å². The van der Waals surface area contributed by atoms with Crippen LogP contribution in [0.15, 0.2) is 29.2 Å². The van der Waals surface area contributed by atoms with E-state index < -0.39 is 10.8 Å². The number of carbonyl (C=O) groups is 1. The molecule has 0 bridgehead atoms. The third kappa shape index (κ3) is 4.76. The van der Waals surface area contributed by atoms with Crippen LogP contribution in [-0.4, -0.2) is 41.9 Å². The molecule has 5 heteroatoms. The van der Waals surface area contributed by atoms with Gasteiger partial charge < -0.3 is 10.2 Å². The first kappa shape index (κ1) is 15.9. The zero-order valence-corrected chi connectivity index (χ0v) is 12.8. The lowest BCUT2D eigenvalue weighted by Gasteiger charge is -2.21. The van der Waals surface area contributed by atoms with Gasteiger partial charge >= 0.3 is 0 Å². The van der Waals surface area contributed by atoms with Crippen LogP contribution in [0.1, 0.15) is 12.5 Å². The molecule has 0 aromatic heterocycles. The second kappa shape index (κ2) is 7.40. The molecule has 1 amide bonds. The Balaban J connectivity index is 2.63. The normalized spacial score (nSPS) is 13.9. The lowest BCUT2D eigenvalue weighted by molar-refractivity contribution is -0.134. The zero-order chi connectivity index (χ0) is 14.4. The number of hydrogen-bond acceptors (Lipinski definition) is 3. The van der Waals surface area contributed by atoms with Crippen LogP contribution in [0.4, 0.5) is 0 Å². The van der Waals surface area contributed by atoms with Crippen molar-refractivity contribution in [1.29, 1.82) is 0 Å². The van der Waals surface area contributed by atoms with Crippen molar-refractivity contribution in [3.8, 4) is 0 Å². The highest BCUT2D eigenvalue weighted by atomic mass is 32.2. The molecule has 0 saturated carbocycles. The Labute approximate surface area is 117 Å². The molecule has 2 atom stereocenters. The first-order valence-electron chi connectivity index (χ1n) is 6.27. The molecule has 0 saturated heterocycles. The average molecular weight is 282 g/mol. The molecular formula is C14H22N2O2S. The van der Waals surface area contributed by atoms with Crippen LogP contribution in [0.25, 0.3) is 0 Å². The number of hydrogen-bond donors (Lipinski definition) is 1. The molecule has 0 aliphatic carbocycles. The number of nitrogens with one attached hydrogen (secondary N) is 1. The van der Waals surface area contributed by atoms with Crippen LogP contribution in [0, 0.1) is 5.92 Å². The van der Waals surface area contributed by atoms with E-state index in [1.54, 1.807) is 18.2 Å². The molecule has 0 spiro atoms. The predicted molar refractivity (Wildman–Crippen MR) is 78.3 cm³/mol. The number of nitrogens with zero attached hydrogens (tertiary/aromatic N) is 1. The summed E-state index contributed by atoms with van der Waals surface area (Å²) in [6, 6.07) is 7.54. The summed E-state index contributed by atoms with van der Waals surface area (Å²) in [6.45, 7) is 3.17. The van der Waals surface area contributed by atoms with Crippen LogP contribution in [0.5, 0.6) is 0 Å². The fourth-order valence-electron chi connectivity index (χ4n) is 1.91. The van der Waals surface area contributed by atoms with Gasteiger partial charge in [0.2, 0.25) is 5.91 Å². The molecule has 4 nitrogen and oxygen atoms in total. The first-order valence-corrected chi connectivity index (χ1v) is 7.83. The SMILES string of the molecule is CNCC(C)C(=O)N(C)Cc1ccc(S(C)=O)cc1. The van der Waals surface area contributed by atoms with E-state index in [1.165, 1.54) is 0 Å². The maximum absolute atomic E-state index is 12.0. The molecule has 1 rings (SSSR count). The highest BCUT2D eigenvalue weighted by Crippen LogP contribution is 2.10. The molecule has 1 aromatic carbocycles. The third-order valence-electron chi connectivity index (χ3n) is 2.98. The summed E-state index contributed by atoms with van der Waals surface area (Å²) >= 11 is 0. The van der Waals surface area contributed by atoms with Crippen LogP contribution in [-0.2, 0) is 22.1 Å². The van der Waals surface area contributed by atoms with E-state index in [9.17, 15) is 9.00 Å². The molecule has 0 aliphatic rings. The number of carbonyl (C=O) groups excluding carboxylic acids is 1. The molecule has 0 aliphatic heterocycles. The Bertz CT molecular complexity index is 445. The maximum atomic E-state index is 12.0. The van der Waals surface area contributed by atoms with Crippen molar-refractivity contribution in [3.05, 3.63) is 29.8 Å². The summed E-state index contributed by atoms with van der Waals surface area (Å²) in [5, 5.41) is 3.01. The third-order valence-corrected chi connectivity index (χ3v) is 3.92. The van der Waals surface area contributed by atoms with E-state index in [0.29, 0.717) is 13.1 Å². The number of rotatable bonds is 6. The smallest absolute Gasteiger partial charge is 0.226 e. The molecule has 1 aromatic rings. The molecular weight excluding hydrogens is 260 g/mol. The lowest BCUT2D eigenvalue weighted by Crippen LogP contribution is -2.35. The molecule has 2 unspecified atom stereocenters. The molecule has 0 fully saturated rings. The van der Waals surface area contributed by atoms with E-state index in [1.807, 2.05) is 38.2 Å². The largest absolute Gasteiger partial charge is 0.341 e. The van der Waals surface area contributed by atoms with Crippen molar-refractivity contribution in [2.75, 3.05) is 26.9 Å². The Hall–Kier alpha value is -1.20. The Morgan fingerprint density at radius 1 is 1.37 bits per heavy atom. The van der Waals surface area contributed by atoms with Gasteiger partial charge in [0.1, 0.15) is 0 Å². The van der Waals surface area contributed by atoms with Crippen molar-refractivity contribution < 1.29 is 9.00 Å². The van der Waals surface area contributed by atoms with Gasteiger partial charge in [-0.25, -0.2) is 0 Å². The Morgan fingerprint density at radius 2 is 1.95 bits per heavy atom. The van der Waals surface area contributed by atoms with Gasteiger partial charge in [0.05, 0.1) is 0 Å². The summed E-state index contributed by atoms with van der Waals surface area (Å²) < 4.78 is 11.3. The van der Waals surface area contributed by atoms with Gasteiger partial charge in [0, 0.05) is 48.0 Å². The standard InChI is InChI=1S/C14H22N2O2S/c1-11(9-15-2)14(17)16(3)10-12-5-7-13(8-6-12)19(4)18/h5-8,11,15H,9-10H2,1-4H3. The minimum Gasteiger partial charge on any atom is -0.341 e. The minimum absolute atomic E-state index is 0.0302. The van der Waals surface area contributed by atoms with E-state index in [-0.39, 0.29) is 11.8 Å². The fraction of sp³-hybridized carbons (Fsp3) is 0.500. The van der Waals surface area contributed by atoms with Crippen molar-refractivity contribution >= 4 is 16.7 Å². The number of amides is 1. The minimum atomic E-state index is -0.958. The maximum Gasteiger partial charge on any atom is 0.226 e. The van der Waals surface area contributed by atoms with Gasteiger partial charge in [-0.1, -0.05) is 19.1 Å². The second-order valence-corrected chi connectivity index (χ2v) is 6.13. The molecule has 0 radical (unpaired) electrons. The topological polar surface area (TPSA) is 49.4 Å². The van der Waals surface area contributed by atoms with Crippen molar-refractivity contribution in [2.24, 2.45) is 5.92 Å². The summed E-state index contributed by atoms with van der Waals surface area (Å²) in [5.41, 5.74) is 1.04. The second-order valence-electron chi connectivity index (χ2n) is 4.75.